The summed E-state index contributed by atoms with van der Waals surface area (Å²) in [6.45, 7) is 7.40. The van der Waals surface area contributed by atoms with Crippen molar-refractivity contribution in [1.29, 1.82) is 0 Å². The zero-order valence-electron chi connectivity index (χ0n) is 14.7. The standard InChI is InChI=1S/C16H19F3N4O3/c1-14(2,3)12-8-15(4,22-21-12)13(24)20-9-5-6-11(23(25)26)10(7-9)16(17,18)19/h5-7,12H,8H2,1-4H3,(H,20,24). The number of nitrogens with zero attached hydrogens (tertiary/aromatic N) is 3. The van der Waals surface area contributed by atoms with Gasteiger partial charge in [-0.05, 0) is 24.5 Å². The van der Waals surface area contributed by atoms with Crippen LogP contribution in [0.15, 0.2) is 28.4 Å². The Bertz CT molecular complexity index is 771. The summed E-state index contributed by atoms with van der Waals surface area (Å²) in [6.07, 6.45) is -4.60. The number of alkyl halides is 3. The molecule has 0 fully saturated rings. The summed E-state index contributed by atoms with van der Waals surface area (Å²) in [5.74, 6) is -0.616. The molecule has 7 nitrogen and oxygen atoms in total. The highest BCUT2D eigenvalue weighted by atomic mass is 19.4. The van der Waals surface area contributed by atoms with E-state index in [4.69, 9.17) is 0 Å². The molecule has 1 aliphatic heterocycles. The molecule has 1 N–H and O–H groups in total. The highest BCUT2D eigenvalue weighted by Crippen LogP contribution is 2.39. The predicted molar refractivity (Wildman–Crippen MR) is 87.8 cm³/mol. The van der Waals surface area contributed by atoms with Crippen molar-refractivity contribution in [2.24, 2.45) is 15.6 Å². The van der Waals surface area contributed by atoms with Crippen LogP contribution >= 0.6 is 0 Å². The van der Waals surface area contributed by atoms with Gasteiger partial charge in [-0.1, -0.05) is 20.8 Å². The third kappa shape index (κ3) is 4.00. The third-order valence-corrected chi connectivity index (χ3v) is 4.25. The minimum absolute atomic E-state index is 0.191. The number of nitro benzene ring substituents is 1. The number of hydrogen-bond acceptors (Lipinski definition) is 5. The number of carbonyl (C=O) groups is 1. The van der Waals surface area contributed by atoms with E-state index < -0.39 is 33.8 Å². The second-order valence-electron chi connectivity index (χ2n) is 7.52. The first-order valence-electron chi connectivity index (χ1n) is 7.83. The quantitative estimate of drug-likeness (QED) is 0.621. The van der Waals surface area contributed by atoms with Crippen LogP contribution < -0.4 is 5.32 Å². The maximum absolute atomic E-state index is 13.0. The van der Waals surface area contributed by atoms with Gasteiger partial charge in [-0.15, -0.1) is 0 Å². The van der Waals surface area contributed by atoms with Crippen LogP contribution in [-0.4, -0.2) is 22.4 Å². The summed E-state index contributed by atoms with van der Waals surface area (Å²) in [7, 11) is 0. The normalized spacial score (nSPS) is 23.1. The van der Waals surface area contributed by atoms with Gasteiger partial charge in [0.05, 0.1) is 11.0 Å². The molecular weight excluding hydrogens is 353 g/mol. The Morgan fingerprint density at radius 2 is 1.96 bits per heavy atom. The average Bonchev–Trinajstić information content (AvgIpc) is 2.90. The SMILES string of the molecule is CC1(C(=O)Nc2ccc([N+](=O)[O-])c(C(F)(F)F)c2)CC(C(C)(C)C)N=N1. The van der Waals surface area contributed by atoms with Crippen molar-refractivity contribution in [2.75, 3.05) is 5.32 Å². The molecule has 0 aliphatic carbocycles. The van der Waals surface area contributed by atoms with Gasteiger partial charge in [-0.25, -0.2) is 0 Å². The molecule has 1 heterocycles. The third-order valence-electron chi connectivity index (χ3n) is 4.25. The number of nitro groups is 1. The van der Waals surface area contributed by atoms with Crippen molar-refractivity contribution >= 4 is 17.3 Å². The highest BCUT2D eigenvalue weighted by Gasteiger charge is 2.45. The fourth-order valence-corrected chi connectivity index (χ4v) is 2.54. The van der Waals surface area contributed by atoms with Gasteiger partial charge in [0.2, 0.25) is 0 Å². The van der Waals surface area contributed by atoms with Gasteiger partial charge in [0.1, 0.15) is 5.56 Å². The van der Waals surface area contributed by atoms with Crippen molar-refractivity contribution in [3.8, 4) is 0 Å². The maximum atomic E-state index is 13.0. The van der Waals surface area contributed by atoms with Gasteiger partial charge < -0.3 is 5.32 Å². The van der Waals surface area contributed by atoms with Crippen LogP contribution in [0.4, 0.5) is 24.5 Å². The number of azo groups is 1. The van der Waals surface area contributed by atoms with E-state index in [1.165, 1.54) is 0 Å². The number of nitrogens with one attached hydrogen (secondary N) is 1. The Morgan fingerprint density at radius 3 is 2.42 bits per heavy atom. The van der Waals surface area contributed by atoms with Gasteiger partial charge >= 0.3 is 6.18 Å². The summed E-state index contributed by atoms with van der Waals surface area (Å²) in [4.78, 5) is 22.2. The van der Waals surface area contributed by atoms with Crippen molar-refractivity contribution in [3.05, 3.63) is 33.9 Å². The lowest BCUT2D eigenvalue weighted by molar-refractivity contribution is -0.388. The van der Waals surface area contributed by atoms with E-state index >= 15 is 0 Å². The summed E-state index contributed by atoms with van der Waals surface area (Å²) in [5, 5.41) is 21.3. The average molecular weight is 372 g/mol. The Hall–Kier alpha value is -2.52. The van der Waals surface area contributed by atoms with Crippen molar-refractivity contribution in [2.45, 2.75) is 51.9 Å². The van der Waals surface area contributed by atoms with Crippen molar-refractivity contribution in [3.63, 3.8) is 0 Å². The van der Waals surface area contributed by atoms with E-state index in [1.54, 1.807) is 6.92 Å². The number of anilines is 1. The summed E-state index contributed by atoms with van der Waals surface area (Å²) in [5.41, 5.74) is -4.11. The first-order valence-corrected chi connectivity index (χ1v) is 7.83. The Labute approximate surface area is 147 Å². The van der Waals surface area contributed by atoms with Gasteiger partial charge in [-0.2, -0.15) is 23.4 Å². The summed E-state index contributed by atoms with van der Waals surface area (Å²) < 4.78 is 39.1. The minimum Gasteiger partial charge on any atom is -0.324 e. The number of amides is 1. The molecular formula is C16H19F3N4O3. The molecule has 0 saturated carbocycles. The number of carbonyl (C=O) groups excluding carboxylic acids is 1. The van der Waals surface area contributed by atoms with Crippen LogP contribution in [0.3, 0.4) is 0 Å². The van der Waals surface area contributed by atoms with E-state index in [1.807, 2.05) is 20.8 Å². The Kier molecular flexibility index (Phi) is 4.82. The lowest BCUT2D eigenvalue weighted by atomic mass is 9.80. The van der Waals surface area contributed by atoms with Crippen LogP contribution in [-0.2, 0) is 11.0 Å². The number of benzene rings is 1. The Morgan fingerprint density at radius 1 is 1.35 bits per heavy atom. The van der Waals surface area contributed by atoms with E-state index in [0.717, 1.165) is 12.1 Å². The molecule has 2 atom stereocenters. The largest absolute Gasteiger partial charge is 0.423 e. The molecule has 1 aromatic carbocycles. The van der Waals surface area contributed by atoms with Gasteiger partial charge in [0, 0.05) is 18.2 Å². The first kappa shape index (κ1) is 19.8. The molecule has 1 aliphatic rings. The molecule has 0 radical (unpaired) electrons. The molecule has 0 bridgehead atoms. The molecule has 142 valence electrons. The topological polar surface area (TPSA) is 97.0 Å². The monoisotopic (exact) mass is 372 g/mol. The molecule has 2 rings (SSSR count). The van der Waals surface area contributed by atoms with Crippen LogP contribution in [0, 0.1) is 15.5 Å². The molecule has 1 aromatic rings. The zero-order chi connectivity index (χ0) is 19.9. The lowest BCUT2D eigenvalue weighted by Gasteiger charge is -2.26. The molecule has 10 heteroatoms. The molecule has 2 unspecified atom stereocenters. The summed E-state index contributed by atoms with van der Waals surface area (Å²) >= 11 is 0. The Balaban J connectivity index is 2.25. The fourth-order valence-electron chi connectivity index (χ4n) is 2.54. The van der Waals surface area contributed by atoms with Crippen molar-refractivity contribution < 1.29 is 22.9 Å². The second kappa shape index (κ2) is 6.33. The zero-order valence-corrected chi connectivity index (χ0v) is 14.7. The smallest absolute Gasteiger partial charge is 0.324 e. The number of rotatable bonds is 3. The van der Waals surface area contributed by atoms with E-state index in [0.29, 0.717) is 12.5 Å². The minimum atomic E-state index is -4.92. The van der Waals surface area contributed by atoms with Crippen LogP contribution in [0.2, 0.25) is 0 Å². The molecule has 0 saturated heterocycles. The second-order valence-corrected chi connectivity index (χ2v) is 7.52. The molecule has 0 spiro atoms. The predicted octanol–water partition coefficient (Wildman–Crippen LogP) is 4.58. The van der Waals surface area contributed by atoms with Crippen LogP contribution in [0.1, 0.15) is 39.7 Å². The van der Waals surface area contributed by atoms with Gasteiger partial charge in [0.25, 0.3) is 11.6 Å². The summed E-state index contributed by atoms with van der Waals surface area (Å²) in [6, 6.07) is 2.13. The van der Waals surface area contributed by atoms with Gasteiger partial charge in [0.15, 0.2) is 5.54 Å². The first-order chi connectivity index (χ1) is 11.7. The number of halogens is 3. The van der Waals surface area contributed by atoms with Crippen molar-refractivity contribution in [1.82, 2.24) is 0 Å². The molecule has 26 heavy (non-hydrogen) atoms. The van der Waals surface area contributed by atoms with E-state index in [2.05, 4.69) is 15.5 Å². The van der Waals surface area contributed by atoms with E-state index in [-0.39, 0.29) is 17.1 Å². The van der Waals surface area contributed by atoms with Gasteiger partial charge in [-0.3, -0.25) is 14.9 Å². The van der Waals surface area contributed by atoms with Crippen LogP contribution in [0.25, 0.3) is 0 Å². The molecule has 1 amide bonds. The molecule has 0 aromatic heterocycles. The highest BCUT2D eigenvalue weighted by molar-refractivity contribution is 5.98. The fraction of sp³-hybridized carbons (Fsp3) is 0.562. The maximum Gasteiger partial charge on any atom is 0.423 e. The number of hydrogen-bond donors (Lipinski definition) is 1. The lowest BCUT2D eigenvalue weighted by Crippen LogP contribution is -2.39. The van der Waals surface area contributed by atoms with Crippen LogP contribution in [0.5, 0.6) is 0 Å². The van der Waals surface area contributed by atoms with E-state index in [9.17, 15) is 28.1 Å².